The number of carbonyl (C=O) groups excluding carboxylic acids is 1. The van der Waals surface area contributed by atoms with Gasteiger partial charge in [0.15, 0.2) is 0 Å². The summed E-state index contributed by atoms with van der Waals surface area (Å²) in [6, 6.07) is 7.89. The van der Waals surface area contributed by atoms with Crippen LogP contribution in [0.5, 0.6) is 0 Å². The Kier molecular flexibility index (Phi) is 4.01. The minimum atomic E-state index is -0.238. The highest BCUT2D eigenvalue weighted by atomic mass is 16.5. The summed E-state index contributed by atoms with van der Waals surface area (Å²) in [5, 5.41) is 0. The number of hydrogen-bond acceptors (Lipinski definition) is 4. The lowest BCUT2D eigenvalue weighted by Crippen LogP contribution is -2.52. The van der Waals surface area contributed by atoms with Gasteiger partial charge in [-0.25, -0.2) is 0 Å². The van der Waals surface area contributed by atoms with Gasteiger partial charge in [-0.3, -0.25) is 4.79 Å². The topological polar surface area (TPSA) is 58.8 Å². The van der Waals surface area contributed by atoms with Crippen LogP contribution in [0.3, 0.4) is 0 Å². The van der Waals surface area contributed by atoms with Crippen LogP contribution in [0.2, 0.25) is 0 Å². The zero-order valence-electron chi connectivity index (χ0n) is 12.5. The highest BCUT2D eigenvalue weighted by molar-refractivity contribution is 5.82. The molecule has 21 heavy (non-hydrogen) atoms. The van der Waals surface area contributed by atoms with Crippen molar-refractivity contribution in [3.05, 3.63) is 24.3 Å². The van der Waals surface area contributed by atoms with Gasteiger partial charge in [0.1, 0.15) is 6.10 Å². The van der Waals surface area contributed by atoms with Crippen LogP contribution >= 0.6 is 0 Å². The summed E-state index contributed by atoms with van der Waals surface area (Å²) in [5.41, 5.74) is 7.88. The first-order valence-electron chi connectivity index (χ1n) is 7.66. The molecule has 2 heterocycles. The Morgan fingerprint density at radius 2 is 1.95 bits per heavy atom. The SMILES string of the molecule is CC1CCOC1C(=O)N1CCN(c2ccccc2N)CC1. The van der Waals surface area contributed by atoms with Crippen LogP contribution in [0.4, 0.5) is 11.4 Å². The first kappa shape index (κ1) is 14.2. The van der Waals surface area contributed by atoms with E-state index in [2.05, 4.69) is 11.8 Å². The Labute approximate surface area is 125 Å². The van der Waals surface area contributed by atoms with Gasteiger partial charge in [-0.05, 0) is 24.5 Å². The number of para-hydroxylation sites is 2. The van der Waals surface area contributed by atoms with E-state index in [9.17, 15) is 4.79 Å². The fourth-order valence-electron chi connectivity index (χ4n) is 3.13. The molecule has 3 rings (SSSR count). The van der Waals surface area contributed by atoms with Gasteiger partial charge in [-0.1, -0.05) is 19.1 Å². The number of nitrogens with zero attached hydrogens (tertiary/aromatic N) is 2. The van der Waals surface area contributed by atoms with Crippen molar-refractivity contribution in [1.82, 2.24) is 4.90 Å². The van der Waals surface area contributed by atoms with Gasteiger partial charge in [0.05, 0.1) is 11.4 Å². The number of hydrogen-bond donors (Lipinski definition) is 1. The van der Waals surface area contributed by atoms with E-state index in [1.165, 1.54) is 0 Å². The smallest absolute Gasteiger partial charge is 0.252 e. The van der Waals surface area contributed by atoms with Crippen LogP contribution in [0, 0.1) is 5.92 Å². The number of ether oxygens (including phenoxy) is 1. The van der Waals surface area contributed by atoms with Gasteiger partial charge >= 0.3 is 0 Å². The van der Waals surface area contributed by atoms with Gasteiger partial charge in [-0.2, -0.15) is 0 Å². The third kappa shape index (κ3) is 2.83. The maximum absolute atomic E-state index is 12.5. The normalized spacial score (nSPS) is 26.1. The largest absolute Gasteiger partial charge is 0.397 e. The van der Waals surface area contributed by atoms with E-state index in [1.807, 2.05) is 29.2 Å². The molecule has 0 aliphatic carbocycles. The Balaban J connectivity index is 1.60. The number of nitrogen functional groups attached to an aromatic ring is 1. The molecule has 2 aliphatic rings. The summed E-state index contributed by atoms with van der Waals surface area (Å²) < 4.78 is 5.59. The molecule has 0 radical (unpaired) electrons. The molecule has 5 heteroatoms. The van der Waals surface area contributed by atoms with E-state index >= 15 is 0 Å². The molecule has 1 aromatic rings. The average molecular weight is 289 g/mol. The van der Waals surface area contributed by atoms with Crippen molar-refractivity contribution in [3.63, 3.8) is 0 Å². The Bertz CT molecular complexity index is 512. The fourth-order valence-corrected chi connectivity index (χ4v) is 3.13. The number of carbonyl (C=O) groups is 1. The van der Waals surface area contributed by atoms with Crippen LogP contribution in [0.25, 0.3) is 0 Å². The number of benzene rings is 1. The molecule has 2 atom stereocenters. The van der Waals surface area contributed by atoms with E-state index in [-0.39, 0.29) is 12.0 Å². The number of nitrogens with two attached hydrogens (primary N) is 1. The monoisotopic (exact) mass is 289 g/mol. The van der Waals surface area contributed by atoms with Crippen LogP contribution in [0.1, 0.15) is 13.3 Å². The molecule has 2 N–H and O–H groups in total. The molecule has 1 aromatic carbocycles. The summed E-state index contributed by atoms with van der Waals surface area (Å²) in [4.78, 5) is 16.7. The molecule has 0 saturated carbocycles. The number of piperazine rings is 1. The Morgan fingerprint density at radius 1 is 1.24 bits per heavy atom. The summed E-state index contributed by atoms with van der Waals surface area (Å²) in [7, 11) is 0. The average Bonchev–Trinajstić information content (AvgIpc) is 2.93. The highest BCUT2D eigenvalue weighted by Gasteiger charge is 2.35. The molecular weight excluding hydrogens is 266 g/mol. The maximum Gasteiger partial charge on any atom is 0.252 e. The van der Waals surface area contributed by atoms with Crippen LogP contribution in [0.15, 0.2) is 24.3 Å². The lowest BCUT2D eigenvalue weighted by Gasteiger charge is -2.37. The van der Waals surface area contributed by atoms with Crippen molar-refractivity contribution in [2.24, 2.45) is 5.92 Å². The molecule has 5 nitrogen and oxygen atoms in total. The van der Waals surface area contributed by atoms with Gasteiger partial charge in [-0.15, -0.1) is 0 Å². The molecular formula is C16H23N3O2. The van der Waals surface area contributed by atoms with Crippen molar-refractivity contribution >= 4 is 17.3 Å². The van der Waals surface area contributed by atoms with Crippen LogP contribution in [-0.4, -0.2) is 49.7 Å². The molecule has 2 aliphatic heterocycles. The third-order valence-corrected chi connectivity index (χ3v) is 4.50. The minimum Gasteiger partial charge on any atom is -0.397 e. The van der Waals surface area contributed by atoms with E-state index in [0.29, 0.717) is 12.5 Å². The Morgan fingerprint density at radius 3 is 2.57 bits per heavy atom. The lowest BCUT2D eigenvalue weighted by molar-refractivity contribution is -0.142. The first-order chi connectivity index (χ1) is 10.2. The van der Waals surface area contributed by atoms with Gasteiger partial charge < -0.3 is 20.3 Å². The number of amides is 1. The molecule has 2 fully saturated rings. The van der Waals surface area contributed by atoms with Gasteiger partial charge in [0, 0.05) is 32.8 Å². The zero-order chi connectivity index (χ0) is 14.8. The summed E-state index contributed by atoms with van der Waals surface area (Å²) in [6.07, 6.45) is 0.745. The first-order valence-corrected chi connectivity index (χ1v) is 7.66. The van der Waals surface area contributed by atoms with Gasteiger partial charge in [0.25, 0.3) is 5.91 Å². The maximum atomic E-state index is 12.5. The summed E-state index contributed by atoms with van der Waals surface area (Å²) >= 11 is 0. The standard InChI is InChI=1S/C16H23N3O2/c1-12-6-11-21-15(12)16(20)19-9-7-18(8-10-19)14-5-3-2-4-13(14)17/h2-5,12,15H,6-11,17H2,1H3. The molecule has 0 aromatic heterocycles. The van der Waals surface area contributed by atoms with E-state index in [1.54, 1.807) is 0 Å². The van der Waals surface area contributed by atoms with E-state index in [0.717, 1.165) is 44.0 Å². The zero-order valence-corrected chi connectivity index (χ0v) is 12.5. The molecule has 1 amide bonds. The van der Waals surface area contributed by atoms with Crippen LogP contribution < -0.4 is 10.6 Å². The lowest BCUT2D eigenvalue weighted by atomic mass is 10.0. The summed E-state index contributed by atoms with van der Waals surface area (Å²) in [5.74, 6) is 0.487. The van der Waals surface area contributed by atoms with Crippen molar-refractivity contribution in [2.45, 2.75) is 19.4 Å². The second-order valence-corrected chi connectivity index (χ2v) is 5.93. The second-order valence-electron chi connectivity index (χ2n) is 5.93. The predicted molar refractivity (Wildman–Crippen MR) is 83.2 cm³/mol. The third-order valence-electron chi connectivity index (χ3n) is 4.50. The van der Waals surface area contributed by atoms with Crippen molar-refractivity contribution in [2.75, 3.05) is 43.4 Å². The van der Waals surface area contributed by atoms with Crippen molar-refractivity contribution in [3.8, 4) is 0 Å². The molecule has 2 unspecified atom stereocenters. The predicted octanol–water partition coefficient (Wildman–Crippen LogP) is 1.34. The van der Waals surface area contributed by atoms with Crippen LogP contribution in [-0.2, 0) is 9.53 Å². The number of rotatable bonds is 2. The molecule has 0 spiro atoms. The van der Waals surface area contributed by atoms with E-state index < -0.39 is 0 Å². The second kappa shape index (κ2) is 5.93. The Hall–Kier alpha value is -1.75. The minimum absolute atomic E-state index is 0.153. The number of anilines is 2. The van der Waals surface area contributed by atoms with E-state index in [4.69, 9.17) is 10.5 Å². The molecule has 114 valence electrons. The molecule has 2 saturated heterocycles. The highest BCUT2D eigenvalue weighted by Crippen LogP contribution is 2.25. The fraction of sp³-hybridized carbons (Fsp3) is 0.562. The van der Waals surface area contributed by atoms with Crippen molar-refractivity contribution in [1.29, 1.82) is 0 Å². The van der Waals surface area contributed by atoms with Gasteiger partial charge in [0.2, 0.25) is 0 Å². The molecule has 0 bridgehead atoms. The van der Waals surface area contributed by atoms with Crippen molar-refractivity contribution < 1.29 is 9.53 Å². The summed E-state index contributed by atoms with van der Waals surface area (Å²) in [6.45, 7) is 5.91. The quantitative estimate of drug-likeness (QED) is 0.835.